The van der Waals surface area contributed by atoms with E-state index in [1.54, 1.807) is 6.26 Å². The van der Waals surface area contributed by atoms with Crippen LogP contribution in [0, 0.1) is 12.8 Å². The predicted octanol–water partition coefficient (Wildman–Crippen LogP) is 3.50. The lowest BCUT2D eigenvalue weighted by Crippen LogP contribution is -2.27. The van der Waals surface area contributed by atoms with Crippen LogP contribution in [0.25, 0.3) is 0 Å². The van der Waals surface area contributed by atoms with Crippen LogP contribution in [0.1, 0.15) is 44.9 Å². The molecular weight excluding hydrogens is 186 g/mol. The van der Waals surface area contributed by atoms with Crippen molar-refractivity contribution in [3.63, 3.8) is 0 Å². The highest BCUT2D eigenvalue weighted by Gasteiger charge is 2.08. The van der Waals surface area contributed by atoms with Crippen molar-refractivity contribution in [2.24, 2.45) is 5.92 Å². The first-order chi connectivity index (χ1) is 7.13. The standard InChI is InChI=1S/C13H23NO/c1-5-10(2)8-12(4)14-9-13-11(3)6-7-15-13/h6-7,10,12,14H,5,8-9H2,1-4H3. The third-order valence-corrected chi connectivity index (χ3v) is 3.03. The van der Waals surface area contributed by atoms with Crippen LogP contribution in [0.3, 0.4) is 0 Å². The van der Waals surface area contributed by atoms with E-state index in [0.717, 1.165) is 18.2 Å². The van der Waals surface area contributed by atoms with E-state index in [4.69, 9.17) is 4.42 Å². The van der Waals surface area contributed by atoms with Gasteiger partial charge in [-0.2, -0.15) is 0 Å². The molecule has 2 unspecified atom stereocenters. The Morgan fingerprint density at radius 1 is 1.40 bits per heavy atom. The minimum absolute atomic E-state index is 0.560. The Morgan fingerprint density at radius 2 is 2.13 bits per heavy atom. The summed E-state index contributed by atoms with van der Waals surface area (Å²) < 4.78 is 5.38. The first kappa shape index (κ1) is 12.3. The Labute approximate surface area is 93.1 Å². The molecule has 2 atom stereocenters. The normalized spacial score (nSPS) is 15.2. The number of nitrogens with one attached hydrogen (secondary N) is 1. The lowest BCUT2D eigenvalue weighted by atomic mass is 10.0. The maximum atomic E-state index is 5.38. The van der Waals surface area contributed by atoms with Gasteiger partial charge in [-0.25, -0.2) is 0 Å². The highest BCUT2D eigenvalue weighted by Crippen LogP contribution is 2.12. The monoisotopic (exact) mass is 209 g/mol. The van der Waals surface area contributed by atoms with Crippen LogP contribution in [-0.4, -0.2) is 6.04 Å². The van der Waals surface area contributed by atoms with Crippen LogP contribution in [0.4, 0.5) is 0 Å². The van der Waals surface area contributed by atoms with Gasteiger partial charge in [-0.05, 0) is 37.8 Å². The molecule has 1 N–H and O–H groups in total. The van der Waals surface area contributed by atoms with Gasteiger partial charge >= 0.3 is 0 Å². The first-order valence-electron chi connectivity index (χ1n) is 5.89. The molecule has 0 spiro atoms. The SMILES string of the molecule is CCC(C)CC(C)NCc1occc1C. The van der Waals surface area contributed by atoms with Gasteiger partial charge in [0.15, 0.2) is 0 Å². The summed E-state index contributed by atoms with van der Waals surface area (Å²) in [6.07, 6.45) is 4.24. The average Bonchev–Trinajstić information content (AvgIpc) is 2.61. The maximum Gasteiger partial charge on any atom is 0.120 e. The molecule has 1 heterocycles. The van der Waals surface area contributed by atoms with Crippen molar-refractivity contribution in [2.45, 2.75) is 53.1 Å². The molecule has 0 fully saturated rings. The van der Waals surface area contributed by atoms with Crippen molar-refractivity contribution >= 4 is 0 Å². The average molecular weight is 209 g/mol. The zero-order valence-electron chi connectivity index (χ0n) is 10.3. The molecular formula is C13H23NO. The number of hydrogen-bond donors (Lipinski definition) is 1. The molecule has 0 bridgehead atoms. The van der Waals surface area contributed by atoms with E-state index < -0.39 is 0 Å². The largest absolute Gasteiger partial charge is 0.468 e. The van der Waals surface area contributed by atoms with E-state index in [0.29, 0.717) is 6.04 Å². The molecule has 0 saturated heterocycles. The Kier molecular flexibility index (Phi) is 4.89. The molecule has 0 radical (unpaired) electrons. The molecule has 0 aromatic carbocycles. The van der Waals surface area contributed by atoms with Crippen LogP contribution in [-0.2, 0) is 6.54 Å². The van der Waals surface area contributed by atoms with E-state index in [1.165, 1.54) is 18.4 Å². The highest BCUT2D eigenvalue weighted by molar-refractivity contribution is 5.14. The molecule has 2 heteroatoms. The fourth-order valence-electron chi connectivity index (χ4n) is 1.71. The Bertz CT molecular complexity index is 280. The van der Waals surface area contributed by atoms with Crippen LogP contribution < -0.4 is 5.32 Å². The fraction of sp³-hybridized carbons (Fsp3) is 0.692. The molecule has 1 aromatic heterocycles. The number of furan rings is 1. The van der Waals surface area contributed by atoms with Gasteiger partial charge in [0.2, 0.25) is 0 Å². The minimum atomic E-state index is 0.560. The minimum Gasteiger partial charge on any atom is -0.468 e. The van der Waals surface area contributed by atoms with Gasteiger partial charge in [0.25, 0.3) is 0 Å². The number of hydrogen-bond acceptors (Lipinski definition) is 2. The third-order valence-electron chi connectivity index (χ3n) is 3.03. The Balaban J connectivity index is 2.28. The summed E-state index contributed by atoms with van der Waals surface area (Å²) in [6.45, 7) is 9.71. The van der Waals surface area contributed by atoms with Crippen molar-refractivity contribution < 1.29 is 4.42 Å². The topological polar surface area (TPSA) is 25.2 Å². The zero-order valence-corrected chi connectivity index (χ0v) is 10.3. The molecule has 15 heavy (non-hydrogen) atoms. The Hall–Kier alpha value is -0.760. The summed E-state index contributed by atoms with van der Waals surface area (Å²) in [5.74, 6) is 1.86. The van der Waals surface area contributed by atoms with Crippen LogP contribution in [0.15, 0.2) is 16.7 Å². The highest BCUT2D eigenvalue weighted by atomic mass is 16.3. The quantitative estimate of drug-likeness (QED) is 0.775. The summed E-state index contributed by atoms with van der Waals surface area (Å²) in [7, 11) is 0. The summed E-state index contributed by atoms with van der Waals surface area (Å²) in [4.78, 5) is 0. The van der Waals surface area contributed by atoms with E-state index in [-0.39, 0.29) is 0 Å². The van der Waals surface area contributed by atoms with Crippen molar-refractivity contribution in [1.82, 2.24) is 5.32 Å². The van der Waals surface area contributed by atoms with Crippen molar-refractivity contribution in [1.29, 1.82) is 0 Å². The molecule has 0 amide bonds. The second-order valence-corrected chi connectivity index (χ2v) is 4.56. The third kappa shape index (κ3) is 4.08. The lowest BCUT2D eigenvalue weighted by Gasteiger charge is -2.16. The van der Waals surface area contributed by atoms with Crippen LogP contribution >= 0.6 is 0 Å². The van der Waals surface area contributed by atoms with Crippen molar-refractivity contribution in [3.8, 4) is 0 Å². The van der Waals surface area contributed by atoms with Gasteiger partial charge in [0.1, 0.15) is 5.76 Å². The van der Waals surface area contributed by atoms with Gasteiger partial charge in [0, 0.05) is 6.04 Å². The number of rotatable bonds is 6. The van der Waals surface area contributed by atoms with Gasteiger partial charge in [-0.1, -0.05) is 20.3 Å². The molecule has 0 aliphatic heterocycles. The second kappa shape index (κ2) is 5.96. The summed E-state index contributed by atoms with van der Waals surface area (Å²) in [5.41, 5.74) is 1.23. The molecule has 0 aliphatic rings. The Morgan fingerprint density at radius 3 is 2.67 bits per heavy atom. The molecule has 1 rings (SSSR count). The van der Waals surface area contributed by atoms with E-state index in [2.05, 4.69) is 33.0 Å². The molecule has 2 nitrogen and oxygen atoms in total. The molecule has 86 valence electrons. The van der Waals surface area contributed by atoms with Gasteiger partial charge in [0.05, 0.1) is 12.8 Å². The van der Waals surface area contributed by atoms with Gasteiger partial charge in [-0.3, -0.25) is 0 Å². The summed E-state index contributed by atoms with van der Waals surface area (Å²) in [6, 6.07) is 2.57. The fourth-order valence-corrected chi connectivity index (χ4v) is 1.71. The molecule has 1 aromatic rings. The second-order valence-electron chi connectivity index (χ2n) is 4.56. The summed E-state index contributed by atoms with van der Waals surface area (Å²) >= 11 is 0. The molecule has 0 aliphatic carbocycles. The summed E-state index contributed by atoms with van der Waals surface area (Å²) in [5, 5.41) is 3.50. The number of aryl methyl sites for hydroxylation is 1. The van der Waals surface area contributed by atoms with E-state index >= 15 is 0 Å². The first-order valence-corrected chi connectivity index (χ1v) is 5.89. The van der Waals surface area contributed by atoms with Gasteiger partial charge in [-0.15, -0.1) is 0 Å². The lowest BCUT2D eigenvalue weighted by molar-refractivity contribution is 0.390. The zero-order chi connectivity index (χ0) is 11.3. The van der Waals surface area contributed by atoms with Crippen LogP contribution in [0.2, 0.25) is 0 Å². The molecule has 0 saturated carbocycles. The predicted molar refractivity (Wildman–Crippen MR) is 63.8 cm³/mol. The van der Waals surface area contributed by atoms with Crippen molar-refractivity contribution in [3.05, 3.63) is 23.7 Å². The maximum absolute atomic E-state index is 5.38. The van der Waals surface area contributed by atoms with E-state index in [1.807, 2.05) is 6.07 Å². The van der Waals surface area contributed by atoms with E-state index in [9.17, 15) is 0 Å². The van der Waals surface area contributed by atoms with Crippen molar-refractivity contribution in [2.75, 3.05) is 0 Å². The van der Waals surface area contributed by atoms with Crippen LogP contribution in [0.5, 0.6) is 0 Å². The van der Waals surface area contributed by atoms with Gasteiger partial charge < -0.3 is 9.73 Å². The smallest absolute Gasteiger partial charge is 0.120 e.